The lowest BCUT2D eigenvalue weighted by Crippen LogP contribution is -2.24. The highest BCUT2D eigenvalue weighted by Gasteiger charge is 2.12. The Morgan fingerprint density at radius 3 is 2.41 bits per heavy atom. The van der Waals surface area contributed by atoms with Gasteiger partial charge in [0.2, 0.25) is 11.8 Å². The van der Waals surface area contributed by atoms with Gasteiger partial charge in [0, 0.05) is 22.5 Å². The van der Waals surface area contributed by atoms with E-state index in [0.717, 1.165) is 0 Å². The molecule has 0 aliphatic rings. The molecule has 0 aliphatic carbocycles. The molecule has 0 atom stereocenters. The van der Waals surface area contributed by atoms with Crippen LogP contribution in [0.3, 0.4) is 0 Å². The summed E-state index contributed by atoms with van der Waals surface area (Å²) in [6.45, 7) is 3.37. The van der Waals surface area contributed by atoms with Crippen LogP contribution in [0.5, 0.6) is 0 Å². The Bertz CT molecular complexity index is 778. The quantitative estimate of drug-likeness (QED) is 0.768. The summed E-state index contributed by atoms with van der Waals surface area (Å²) in [5, 5.41) is 2.65. The Kier molecular flexibility index (Phi) is 4.36. The molecule has 4 N–H and O–H groups in total. The van der Waals surface area contributed by atoms with Crippen LogP contribution in [0, 0.1) is 13.8 Å². The highest BCUT2D eigenvalue weighted by molar-refractivity contribution is 5.95. The molecule has 7 nitrogen and oxygen atoms in total. The number of carbonyl (C=O) groups is 2. The lowest BCUT2D eigenvalue weighted by molar-refractivity contribution is -0.115. The summed E-state index contributed by atoms with van der Waals surface area (Å²) in [7, 11) is 0. The molecule has 7 heteroatoms. The number of primary amides is 1. The summed E-state index contributed by atoms with van der Waals surface area (Å²) in [4.78, 5) is 41.5. The fourth-order valence-electron chi connectivity index (χ4n) is 2.04. The number of benzene rings is 1. The van der Waals surface area contributed by atoms with E-state index >= 15 is 0 Å². The second-order valence-electron chi connectivity index (χ2n) is 4.88. The van der Waals surface area contributed by atoms with Crippen LogP contribution < -0.4 is 16.6 Å². The molecule has 2 aromatic rings. The van der Waals surface area contributed by atoms with Gasteiger partial charge in [0.15, 0.2) is 0 Å². The van der Waals surface area contributed by atoms with Gasteiger partial charge in [0.1, 0.15) is 5.82 Å². The standard InChI is InChI=1S/C15H16N4O3/c1-8-12(15(22)18-9(2)17-8)7-13(20)19-11-5-3-10(4-6-11)14(16)21/h3-6H,7H2,1-2H3,(H2,16,21)(H,19,20)(H,17,18,22). The molecule has 0 saturated carbocycles. The summed E-state index contributed by atoms with van der Waals surface area (Å²) in [5.41, 5.74) is 6.56. The van der Waals surface area contributed by atoms with Gasteiger partial charge < -0.3 is 16.0 Å². The number of aromatic amines is 1. The van der Waals surface area contributed by atoms with Gasteiger partial charge in [-0.25, -0.2) is 4.98 Å². The number of aromatic nitrogens is 2. The average Bonchev–Trinajstić information content (AvgIpc) is 2.43. The van der Waals surface area contributed by atoms with E-state index in [2.05, 4.69) is 15.3 Å². The number of nitrogens with zero attached hydrogens (tertiary/aromatic N) is 1. The molecule has 22 heavy (non-hydrogen) atoms. The lowest BCUT2D eigenvalue weighted by Gasteiger charge is -2.07. The normalized spacial score (nSPS) is 10.3. The van der Waals surface area contributed by atoms with Crippen molar-refractivity contribution in [3.05, 3.63) is 57.3 Å². The third-order valence-electron chi connectivity index (χ3n) is 3.13. The Labute approximate surface area is 126 Å². The van der Waals surface area contributed by atoms with Crippen molar-refractivity contribution in [1.29, 1.82) is 0 Å². The number of carbonyl (C=O) groups excluding carboxylic acids is 2. The predicted octanol–water partition coefficient (Wildman–Crippen LogP) is 0.667. The zero-order valence-electron chi connectivity index (χ0n) is 12.3. The molecular formula is C15H16N4O3. The fraction of sp³-hybridized carbons (Fsp3) is 0.200. The van der Waals surface area contributed by atoms with Crippen molar-refractivity contribution in [2.24, 2.45) is 5.73 Å². The molecule has 1 aromatic heterocycles. The van der Waals surface area contributed by atoms with Gasteiger partial charge >= 0.3 is 0 Å². The van der Waals surface area contributed by atoms with Crippen molar-refractivity contribution in [2.75, 3.05) is 5.32 Å². The maximum atomic E-state index is 12.0. The summed E-state index contributed by atoms with van der Waals surface area (Å²) >= 11 is 0. The van der Waals surface area contributed by atoms with Crippen LogP contribution in [0.25, 0.3) is 0 Å². The topological polar surface area (TPSA) is 118 Å². The number of hydrogen-bond donors (Lipinski definition) is 3. The second kappa shape index (κ2) is 6.21. The molecule has 0 aliphatic heterocycles. The molecule has 2 rings (SSSR count). The van der Waals surface area contributed by atoms with Gasteiger partial charge in [-0.1, -0.05) is 0 Å². The van der Waals surface area contributed by atoms with Crippen molar-refractivity contribution in [2.45, 2.75) is 20.3 Å². The van der Waals surface area contributed by atoms with E-state index < -0.39 is 5.91 Å². The Hall–Kier alpha value is -2.96. The minimum absolute atomic E-state index is 0.0774. The Morgan fingerprint density at radius 2 is 1.86 bits per heavy atom. The molecule has 1 heterocycles. The van der Waals surface area contributed by atoms with Crippen molar-refractivity contribution >= 4 is 17.5 Å². The number of rotatable bonds is 4. The van der Waals surface area contributed by atoms with Crippen molar-refractivity contribution in [1.82, 2.24) is 9.97 Å². The van der Waals surface area contributed by atoms with Gasteiger partial charge in [0.25, 0.3) is 5.56 Å². The molecule has 0 bridgehead atoms. The van der Waals surface area contributed by atoms with Crippen LogP contribution in [0.15, 0.2) is 29.1 Å². The van der Waals surface area contributed by atoms with E-state index in [1.165, 1.54) is 12.1 Å². The van der Waals surface area contributed by atoms with Crippen LogP contribution in [-0.4, -0.2) is 21.8 Å². The number of H-pyrrole nitrogens is 1. The second-order valence-corrected chi connectivity index (χ2v) is 4.88. The first-order chi connectivity index (χ1) is 10.4. The van der Waals surface area contributed by atoms with Gasteiger partial charge in [0.05, 0.1) is 6.42 Å². The number of nitrogens with one attached hydrogen (secondary N) is 2. The highest BCUT2D eigenvalue weighted by Crippen LogP contribution is 2.10. The minimum Gasteiger partial charge on any atom is -0.366 e. The summed E-state index contributed by atoms with van der Waals surface area (Å²) < 4.78 is 0. The van der Waals surface area contributed by atoms with Crippen LogP contribution in [0.2, 0.25) is 0 Å². The van der Waals surface area contributed by atoms with E-state index in [-0.39, 0.29) is 17.9 Å². The average molecular weight is 300 g/mol. The molecule has 0 unspecified atom stereocenters. The molecule has 0 saturated heterocycles. The van der Waals surface area contributed by atoms with E-state index in [1.807, 2.05) is 0 Å². The highest BCUT2D eigenvalue weighted by atomic mass is 16.2. The first-order valence-electron chi connectivity index (χ1n) is 6.63. The number of nitrogens with two attached hydrogens (primary N) is 1. The monoisotopic (exact) mass is 300 g/mol. The zero-order chi connectivity index (χ0) is 16.3. The number of aryl methyl sites for hydroxylation is 2. The van der Waals surface area contributed by atoms with Gasteiger partial charge in [-0.15, -0.1) is 0 Å². The van der Waals surface area contributed by atoms with E-state index in [9.17, 15) is 14.4 Å². The minimum atomic E-state index is -0.536. The third kappa shape index (κ3) is 3.57. The Balaban J connectivity index is 2.10. The van der Waals surface area contributed by atoms with Gasteiger partial charge in [-0.3, -0.25) is 14.4 Å². The van der Waals surface area contributed by atoms with Crippen LogP contribution in [-0.2, 0) is 11.2 Å². The van der Waals surface area contributed by atoms with Gasteiger partial charge in [-0.05, 0) is 38.1 Å². The molecular weight excluding hydrogens is 284 g/mol. The fourth-order valence-corrected chi connectivity index (χ4v) is 2.04. The van der Waals surface area contributed by atoms with Crippen molar-refractivity contribution < 1.29 is 9.59 Å². The first kappa shape index (κ1) is 15.4. The molecule has 114 valence electrons. The molecule has 2 amide bonds. The number of hydrogen-bond acceptors (Lipinski definition) is 4. The first-order valence-corrected chi connectivity index (χ1v) is 6.63. The Morgan fingerprint density at radius 1 is 1.23 bits per heavy atom. The number of anilines is 1. The van der Waals surface area contributed by atoms with Crippen LogP contribution >= 0.6 is 0 Å². The van der Waals surface area contributed by atoms with E-state index in [1.54, 1.807) is 26.0 Å². The predicted molar refractivity (Wildman–Crippen MR) is 81.6 cm³/mol. The third-order valence-corrected chi connectivity index (χ3v) is 3.13. The van der Waals surface area contributed by atoms with Crippen LogP contribution in [0.1, 0.15) is 27.4 Å². The van der Waals surface area contributed by atoms with Crippen molar-refractivity contribution in [3.8, 4) is 0 Å². The SMILES string of the molecule is Cc1nc(C)c(CC(=O)Nc2ccc(C(N)=O)cc2)c(=O)[nH]1. The largest absolute Gasteiger partial charge is 0.366 e. The summed E-state index contributed by atoms with van der Waals surface area (Å²) in [5.74, 6) is -0.370. The maximum Gasteiger partial charge on any atom is 0.254 e. The summed E-state index contributed by atoms with van der Waals surface area (Å²) in [6.07, 6.45) is -0.0774. The molecule has 0 radical (unpaired) electrons. The molecule has 0 fully saturated rings. The van der Waals surface area contributed by atoms with Gasteiger partial charge in [-0.2, -0.15) is 0 Å². The summed E-state index contributed by atoms with van der Waals surface area (Å²) in [6, 6.07) is 6.18. The number of amides is 2. The van der Waals surface area contributed by atoms with E-state index in [0.29, 0.717) is 28.3 Å². The van der Waals surface area contributed by atoms with E-state index in [4.69, 9.17) is 5.73 Å². The molecule has 1 aromatic carbocycles. The maximum absolute atomic E-state index is 12.0. The zero-order valence-corrected chi connectivity index (χ0v) is 12.3. The van der Waals surface area contributed by atoms with Crippen LogP contribution in [0.4, 0.5) is 5.69 Å². The van der Waals surface area contributed by atoms with Crippen molar-refractivity contribution in [3.63, 3.8) is 0 Å². The smallest absolute Gasteiger partial charge is 0.254 e. The molecule has 0 spiro atoms. The lowest BCUT2D eigenvalue weighted by atomic mass is 10.1.